The molecule has 4 atom stereocenters. The second-order valence-corrected chi connectivity index (χ2v) is 7.26. The Morgan fingerprint density at radius 2 is 2.30 bits per heavy atom. The van der Waals surface area contributed by atoms with E-state index in [2.05, 4.69) is 19.5 Å². The zero-order valence-electron chi connectivity index (χ0n) is 14.3. The maximum Gasteiger partial charge on any atom is 1.00 e. The Labute approximate surface area is 179 Å². The minimum Gasteiger partial charge on any atom is -0.756 e. The Balaban J connectivity index is 0.00000261. The summed E-state index contributed by atoms with van der Waals surface area (Å²) in [5.74, 6) is -0.630. The van der Waals surface area contributed by atoms with Crippen LogP contribution in [0.1, 0.15) is 19.6 Å². The van der Waals surface area contributed by atoms with Crippen LogP contribution in [0.5, 0.6) is 0 Å². The van der Waals surface area contributed by atoms with Crippen LogP contribution in [-0.2, 0) is 18.6 Å². The van der Waals surface area contributed by atoms with Gasteiger partial charge in [-0.15, -0.1) is 0 Å². The number of carbonyl (C=O) groups excluding carboxylic acids is 1. The van der Waals surface area contributed by atoms with Crippen LogP contribution >= 0.6 is 19.4 Å². The van der Waals surface area contributed by atoms with Gasteiger partial charge in [0.25, 0.3) is 7.82 Å². The fourth-order valence-corrected chi connectivity index (χ4v) is 3.24. The average Bonchev–Trinajstić information content (AvgIpc) is 3.06. The Bertz CT molecular complexity index is 923. The molecule has 1 aliphatic heterocycles. The molecule has 1 saturated heterocycles. The predicted molar refractivity (Wildman–Crippen MR) is 84.7 cm³/mol. The number of nitrogens with two attached hydrogens (primary N) is 1. The van der Waals surface area contributed by atoms with E-state index >= 15 is 0 Å². The monoisotopic (exact) mass is 429 g/mol. The number of Topliss-reactive ketones (excluding diaryl/α,β-unsaturated/α-hetero) is 1. The van der Waals surface area contributed by atoms with Crippen molar-refractivity contribution >= 4 is 42.2 Å². The second-order valence-electron chi connectivity index (χ2n) is 5.73. The summed E-state index contributed by atoms with van der Waals surface area (Å²) >= 11 is 5.79. The molecule has 1 aliphatic rings. The van der Waals surface area contributed by atoms with E-state index in [1.807, 2.05) is 0 Å². The van der Waals surface area contributed by atoms with Gasteiger partial charge in [0, 0.05) is 6.42 Å². The predicted octanol–water partition coefficient (Wildman–Crippen LogP) is -3.85. The number of anilines is 1. The van der Waals surface area contributed by atoms with Crippen molar-refractivity contribution in [2.75, 3.05) is 12.3 Å². The van der Waals surface area contributed by atoms with E-state index in [1.54, 1.807) is 0 Å². The standard InChI is InChI=1S/C12H15ClN5O7P.Na/c1-5(19)12(20)2-7(25-6(12)3-24-26(21,22)23)18-4-15-8-9(14)16-11(13)17-10(8)18;/h4,6-7,20H,2-3H2,1H3,(H2,14,16,17)(H2,21,22,23);/q;+1/p-1/t6-,7-,12-;/m1./s1. The number of hydrogen-bond donors (Lipinski definition) is 3. The van der Waals surface area contributed by atoms with Crippen LogP contribution in [-0.4, -0.2) is 53.6 Å². The second kappa shape index (κ2) is 7.99. The Morgan fingerprint density at radius 3 is 2.89 bits per heavy atom. The third-order valence-electron chi connectivity index (χ3n) is 4.07. The van der Waals surface area contributed by atoms with Crippen LogP contribution in [0.25, 0.3) is 11.2 Å². The molecule has 2 aromatic heterocycles. The number of carbonyl (C=O) groups is 1. The fourth-order valence-electron chi connectivity index (χ4n) is 2.74. The van der Waals surface area contributed by atoms with Gasteiger partial charge in [-0.25, -0.2) is 4.98 Å². The van der Waals surface area contributed by atoms with Gasteiger partial charge in [-0.3, -0.25) is 13.9 Å². The minimum atomic E-state index is -5.06. The molecule has 15 heteroatoms. The van der Waals surface area contributed by atoms with Gasteiger partial charge in [0.15, 0.2) is 22.8 Å². The van der Waals surface area contributed by atoms with Crippen molar-refractivity contribution in [3.8, 4) is 0 Å². The van der Waals surface area contributed by atoms with E-state index in [0.717, 1.165) is 6.92 Å². The van der Waals surface area contributed by atoms with Gasteiger partial charge in [0.2, 0.25) is 5.28 Å². The molecule has 0 aromatic carbocycles. The number of rotatable bonds is 5. The Kier molecular flexibility index (Phi) is 6.70. The summed E-state index contributed by atoms with van der Waals surface area (Å²) in [6, 6.07) is 0. The molecular formula is C12H14ClN5NaO7P. The molecule has 0 radical (unpaired) electrons. The molecule has 142 valence electrons. The van der Waals surface area contributed by atoms with Crippen LogP contribution in [0.4, 0.5) is 5.82 Å². The SMILES string of the molecule is CC(=O)[C@]1(O)C[C@H](n2cnc3c(N)nc(Cl)nc32)O[C@@H]1COP(=O)([O-])O.[Na+]. The first kappa shape index (κ1) is 22.6. The van der Waals surface area contributed by atoms with Crippen LogP contribution in [0, 0.1) is 0 Å². The van der Waals surface area contributed by atoms with Gasteiger partial charge in [0.05, 0.1) is 12.9 Å². The number of nitrogen functional groups attached to an aromatic ring is 1. The summed E-state index contributed by atoms with van der Waals surface area (Å²) < 4.78 is 22.0. The van der Waals surface area contributed by atoms with Crippen LogP contribution < -0.4 is 40.2 Å². The molecule has 3 heterocycles. The number of fused-ring (bicyclic) bond motifs is 1. The van der Waals surface area contributed by atoms with Crippen molar-refractivity contribution in [1.29, 1.82) is 0 Å². The topological polar surface area (TPSA) is 186 Å². The van der Waals surface area contributed by atoms with E-state index in [0.29, 0.717) is 0 Å². The normalized spacial score (nSPS) is 27.3. The van der Waals surface area contributed by atoms with Gasteiger partial charge in [0.1, 0.15) is 17.8 Å². The zero-order valence-corrected chi connectivity index (χ0v) is 17.9. The first-order valence-electron chi connectivity index (χ1n) is 7.24. The number of aliphatic hydroxyl groups is 1. The summed E-state index contributed by atoms with van der Waals surface area (Å²) in [4.78, 5) is 43.3. The van der Waals surface area contributed by atoms with Crippen molar-refractivity contribution < 1.29 is 63.1 Å². The number of ether oxygens (including phenoxy) is 1. The van der Waals surface area contributed by atoms with Gasteiger partial charge in [-0.05, 0) is 18.5 Å². The summed E-state index contributed by atoms with van der Waals surface area (Å²) in [5.41, 5.74) is 4.13. The number of imidazole rings is 1. The van der Waals surface area contributed by atoms with E-state index in [1.165, 1.54) is 10.9 Å². The maximum atomic E-state index is 11.9. The molecule has 1 fully saturated rings. The van der Waals surface area contributed by atoms with Crippen LogP contribution in [0.15, 0.2) is 6.33 Å². The molecule has 3 rings (SSSR count). The molecule has 0 saturated carbocycles. The first-order chi connectivity index (χ1) is 12.0. The maximum absolute atomic E-state index is 11.9. The quantitative estimate of drug-likeness (QED) is 0.240. The summed E-state index contributed by atoms with van der Waals surface area (Å²) in [6.07, 6.45) is -1.23. The van der Waals surface area contributed by atoms with Crippen molar-refractivity contribution in [2.24, 2.45) is 0 Å². The third-order valence-corrected chi connectivity index (χ3v) is 4.71. The first-order valence-corrected chi connectivity index (χ1v) is 9.11. The van der Waals surface area contributed by atoms with Crippen molar-refractivity contribution in [2.45, 2.75) is 31.3 Å². The zero-order chi connectivity index (χ0) is 19.3. The smallest absolute Gasteiger partial charge is 0.756 e. The molecule has 0 bridgehead atoms. The molecule has 0 spiro atoms. The molecular weight excluding hydrogens is 416 g/mol. The van der Waals surface area contributed by atoms with Crippen molar-refractivity contribution in [1.82, 2.24) is 19.5 Å². The average molecular weight is 430 g/mol. The molecule has 12 nitrogen and oxygen atoms in total. The van der Waals surface area contributed by atoms with Crippen molar-refractivity contribution in [3.63, 3.8) is 0 Å². The van der Waals surface area contributed by atoms with Crippen LogP contribution in [0.3, 0.4) is 0 Å². The van der Waals surface area contributed by atoms with Gasteiger partial charge in [-0.2, -0.15) is 9.97 Å². The number of aromatic nitrogens is 4. The Morgan fingerprint density at radius 1 is 1.63 bits per heavy atom. The number of ketones is 1. The largest absolute Gasteiger partial charge is 1.00 e. The summed E-state index contributed by atoms with van der Waals surface area (Å²) in [5, 5.41) is 10.5. The number of phosphoric acid groups is 1. The van der Waals surface area contributed by atoms with Crippen LogP contribution in [0.2, 0.25) is 5.28 Å². The van der Waals surface area contributed by atoms with Gasteiger partial charge >= 0.3 is 29.6 Å². The number of halogens is 1. The molecule has 1 unspecified atom stereocenters. The minimum absolute atomic E-state index is 0. The van der Waals surface area contributed by atoms with Crippen molar-refractivity contribution in [3.05, 3.63) is 11.6 Å². The molecule has 0 aliphatic carbocycles. The molecule has 0 amide bonds. The summed E-state index contributed by atoms with van der Waals surface area (Å²) in [7, 11) is -5.06. The van der Waals surface area contributed by atoms with Gasteiger partial charge < -0.3 is 29.9 Å². The number of hydrogen-bond acceptors (Lipinski definition) is 10. The molecule has 27 heavy (non-hydrogen) atoms. The van der Waals surface area contributed by atoms with E-state index < -0.39 is 38.1 Å². The Hall–Kier alpha value is -0.660. The van der Waals surface area contributed by atoms with E-state index in [-0.39, 0.29) is 58.2 Å². The van der Waals surface area contributed by atoms with Gasteiger partial charge in [-0.1, -0.05) is 0 Å². The fraction of sp³-hybridized carbons (Fsp3) is 0.500. The number of nitrogens with zero attached hydrogens (tertiary/aromatic N) is 4. The summed E-state index contributed by atoms with van der Waals surface area (Å²) in [6.45, 7) is 0.367. The van der Waals surface area contributed by atoms with E-state index in [4.69, 9.17) is 27.0 Å². The van der Waals surface area contributed by atoms with E-state index in [9.17, 15) is 19.4 Å². The number of phosphoric ester groups is 1. The molecule has 4 N–H and O–H groups in total. The molecule has 2 aromatic rings. The third kappa shape index (κ3) is 4.51.